The van der Waals surface area contributed by atoms with E-state index in [4.69, 9.17) is 11.2 Å². The summed E-state index contributed by atoms with van der Waals surface area (Å²) in [5.41, 5.74) is 0. The highest BCUT2D eigenvalue weighted by atomic mass is 16.5. The number of ether oxygens (including phenoxy) is 1. The molecule has 3 atom stereocenters. The minimum absolute atomic E-state index is 0.0527. The van der Waals surface area contributed by atoms with E-state index in [2.05, 4.69) is 16.1 Å². The van der Waals surface area contributed by atoms with Crippen molar-refractivity contribution in [2.24, 2.45) is 0 Å². The Kier molecular flexibility index (Phi) is 6.50. The number of hydrogen-bond donors (Lipinski definition) is 2. The van der Waals surface area contributed by atoms with Crippen LogP contribution >= 0.6 is 0 Å². The van der Waals surface area contributed by atoms with Crippen LogP contribution in [0.25, 0.3) is 0 Å². The van der Waals surface area contributed by atoms with E-state index < -0.39 is 12.2 Å². The first-order valence-electron chi connectivity index (χ1n) is 7.97. The van der Waals surface area contributed by atoms with Gasteiger partial charge in [-0.15, -0.1) is 6.42 Å². The molecule has 2 N–H and O–H groups in total. The summed E-state index contributed by atoms with van der Waals surface area (Å²) in [7, 11) is 0. The molecule has 0 radical (unpaired) electrons. The van der Waals surface area contributed by atoms with Crippen molar-refractivity contribution in [2.75, 3.05) is 26.2 Å². The van der Waals surface area contributed by atoms with Gasteiger partial charge in [-0.2, -0.15) is 0 Å². The predicted molar refractivity (Wildman–Crippen MR) is 80.7 cm³/mol. The molecule has 2 saturated heterocycles. The molecule has 2 aliphatic heterocycles. The maximum absolute atomic E-state index is 11.9. The summed E-state index contributed by atoms with van der Waals surface area (Å²) in [6.45, 7) is 3.52. The molecule has 2 fully saturated rings. The zero-order chi connectivity index (χ0) is 15.1. The van der Waals surface area contributed by atoms with E-state index in [0.29, 0.717) is 6.42 Å². The number of nitrogens with zero attached hydrogens (tertiary/aromatic N) is 1. The smallest absolute Gasteiger partial charge is 0.252 e. The van der Waals surface area contributed by atoms with Gasteiger partial charge in [0.05, 0.1) is 18.8 Å². The van der Waals surface area contributed by atoms with Crippen LogP contribution in [-0.2, 0) is 9.53 Å². The van der Waals surface area contributed by atoms with Gasteiger partial charge in [-0.3, -0.25) is 4.79 Å². The lowest BCUT2D eigenvalue weighted by molar-refractivity contribution is -0.158. The van der Waals surface area contributed by atoms with E-state index in [0.717, 1.165) is 19.4 Å². The molecular formula is C16H26N2O3. The topological polar surface area (TPSA) is 61.8 Å². The highest BCUT2D eigenvalue weighted by Gasteiger charge is 2.34. The molecule has 0 aliphatic carbocycles. The van der Waals surface area contributed by atoms with Gasteiger partial charge in [0, 0.05) is 6.54 Å². The van der Waals surface area contributed by atoms with Crippen LogP contribution in [0.1, 0.15) is 38.5 Å². The number of carbonyl (C=O) groups is 1. The van der Waals surface area contributed by atoms with Crippen molar-refractivity contribution in [2.45, 2.75) is 56.8 Å². The molecule has 0 spiro atoms. The second-order valence-corrected chi connectivity index (χ2v) is 5.94. The number of amides is 1. The fourth-order valence-electron chi connectivity index (χ4n) is 3.07. The maximum Gasteiger partial charge on any atom is 0.252 e. The molecule has 2 aliphatic rings. The Morgan fingerprint density at radius 2 is 2.10 bits per heavy atom. The summed E-state index contributed by atoms with van der Waals surface area (Å²) in [6, 6.07) is 0. The van der Waals surface area contributed by atoms with E-state index in [1.54, 1.807) is 0 Å². The summed E-state index contributed by atoms with van der Waals surface area (Å²) in [6.07, 6.45) is 9.91. The van der Waals surface area contributed by atoms with E-state index in [1.807, 2.05) is 0 Å². The van der Waals surface area contributed by atoms with Gasteiger partial charge in [0.2, 0.25) is 0 Å². The van der Waals surface area contributed by atoms with Gasteiger partial charge in [0.1, 0.15) is 0 Å². The van der Waals surface area contributed by atoms with E-state index in [1.165, 1.54) is 32.4 Å². The van der Waals surface area contributed by atoms with Gasteiger partial charge in [-0.05, 0) is 45.2 Å². The third-order valence-corrected chi connectivity index (χ3v) is 4.31. The highest BCUT2D eigenvalue weighted by molar-refractivity contribution is 5.81. The van der Waals surface area contributed by atoms with Gasteiger partial charge in [-0.1, -0.05) is 12.3 Å². The monoisotopic (exact) mass is 294 g/mol. The second-order valence-electron chi connectivity index (χ2n) is 5.94. The minimum Gasteiger partial charge on any atom is -0.390 e. The van der Waals surface area contributed by atoms with Gasteiger partial charge in [0.25, 0.3) is 5.91 Å². The molecule has 0 bridgehead atoms. The lowest BCUT2D eigenvalue weighted by Crippen LogP contribution is -2.49. The van der Waals surface area contributed by atoms with Crippen LogP contribution < -0.4 is 5.32 Å². The molecule has 3 unspecified atom stereocenters. The van der Waals surface area contributed by atoms with Crippen LogP contribution in [0.5, 0.6) is 0 Å². The average Bonchev–Trinajstić information content (AvgIpc) is 2.52. The quantitative estimate of drug-likeness (QED) is 0.726. The Labute approximate surface area is 127 Å². The summed E-state index contributed by atoms with van der Waals surface area (Å²) in [5.74, 6) is 2.05. The molecular weight excluding hydrogens is 268 g/mol. The number of aliphatic hydroxyl groups is 1. The number of aliphatic hydroxyl groups excluding tert-OH is 1. The Morgan fingerprint density at radius 3 is 2.81 bits per heavy atom. The van der Waals surface area contributed by atoms with Crippen LogP contribution in [0.4, 0.5) is 0 Å². The minimum atomic E-state index is -0.779. The summed E-state index contributed by atoms with van der Waals surface area (Å²) < 4.78 is 5.79. The van der Waals surface area contributed by atoms with Gasteiger partial charge >= 0.3 is 0 Å². The van der Waals surface area contributed by atoms with Gasteiger partial charge < -0.3 is 20.1 Å². The van der Waals surface area contributed by atoms with Crippen molar-refractivity contribution in [3.63, 3.8) is 0 Å². The van der Waals surface area contributed by atoms with E-state index in [9.17, 15) is 9.90 Å². The molecule has 2 rings (SSSR count). The summed E-state index contributed by atoms with van der Waals surface area (Å²) in [5, 5.41) is 12.5. The number of terminal acetylenes is 1. The number of carbonyl (C=O) groups excluding carboxylic acids is 1. The molecule has 118 valence electrons. The average molecular weight is 294 g/mol. The van der Waals surface area contributed by atoms with Crippen LogP contribution in [0.2, 0.25) is 0 Å². The molecule has 0 aromatic heterocycles. The maximum atomic E-state index is 11.9. The van der Waals surface area contributed by atoms with Crippen molar-refractivity contribution in [3.8, 4) is 12.3 Å². The zero-order valence-corrected chi connectivity index (χ0v) is 12.6. The number of rotatable bonds is 5. The standard InChI is InChI=1S/C16H26N2O3/c1-2-9-17-16(20)15-14(19)7-6-13(21-15)8-12-18-10-4-3-5-11-18/h1,13-15,19H,3-12H2,(H,17,20). The summed E-state index contributed by atoms with van der Waals surface area (Å²) in [4.78, 5) is 14.4. The van der Waals surface area contributed by atoms with Crippen molar-refractivity contribution >= 4 is 5.91 Å². The van der Waals surface area contributed by atoms with E-state index >= 15 is 0 Å². The molecule has 0 aromatic rings. The number of likely N-dealkylation sites (tertiary alicyclic amines) is 1. The Bertz CT molecular complexity index is 374. The summed E-state index contributed by atoms with van der Waals surface area (Å²) >= 11 is 0. The molecule has 5 nitrogen and oxygen atoms in total. The first-order chi connectivity index (χ1) is 10.2. The normalized spacial score (nSPS) is 30.6. The van der Waals surface area contributed by atoms with Crippen molar-refractivity contribution in [1.82, 2.24) is 10.2 Å². The fourth-order valence-corrected chi connectivity index (χ4v) is 3.07. The van der Waals surface area contributed by atoms with Crippen LogP contribution in [0, 0.1) is 12.3 Å². The van der Waals surface area contributed by atoms with Crippen LogP contribution in [-0.4, -0.2) is 60.4 Å². The lowest BCUT2D eigenvalue weighted by atomic mass is 9.98. The number of nitrogens with one attached hydrogen (secondary N) is 1. The van der Waals surface area contributed by atoms with Gasteiger partial charge in [-0.25, -0.2) is 0 Å². The molecule has 1 amide bonds. The Hall–Kier alpha value is -1.09. The Balaban J connectivity index is 1.76. The third kappa shape index (κ3) is 4.99. The van der Waals surface area contributed by atoms with Gasteiger partial charge in [0.15, 0.2) is 6.10 Å². The molecule has 0 saturated carbocycles. The molecule has 21 heavy (non-hydrogen) atoms. The molecule has 2 heterocycles. The largest absolute Gasteiger partial charge is 0.390 e. The number of hydrogen-bond acceptors (Lipinski definition) is 4. The molecule has 5 heteroatoms. The lowest BCUT2D eigenvalue weighted by Gasteiger charge is -2.34. The second kappa shape index (κ2) is 8.38. The SMILES string of the molecule is C#CCNC(=O)C1OC(CCN2CCCCC2)CCC1O. The highest BCUT2D eigenvalue weighted by Crippen LogP contribution is 2.23. The Morgan fingerprint density at radius 1 is 1.33 bits per heavy atom. The predicted octanol–water partition coefficient (Wildman–Crippen LogP) is 0.520. The van der Waals surface area contributed by atoms with Crippen molar-refractivity contribution < 1.29 is 14.6 Å². The van der Waals surface area contributed by atoms with E-state index in [-0.39, 0.29) is 18.6 Å². The third-order valence-electron chi connectivity index (χ3n) is 4.31. The van der Waals surface area contributed by atoms with Crippen molar-refractivity contribution in [3.05, 3.63) is 0 Å². The molecule has 0 aromatic carbocycles. The zero-order valence-electron chi connectivity index (χ0n) is 12.6. The number of piperidine rings is 1. The first-order valence-corrected chi connectivity index (χ1v) is 7.97. The first kappa shape index (κ1) is 16.3. The fraction of sp³-hybridized carbons (Fsp3) is 0.812. The van der Waals surface area contributed by atoms with Crippen LogP contribution in [0.3, 0.4) is 0 Å². The van der Waals surface area contributed by atoms with Crippen molar-refractivity contribution in [1.29, 1.82) is 0 Å². The van der Waals surface area contributed by atoms with Crippen LogP contribution in [0.15, 0.2) is 0 Å².